The molecule has 136 valence electrons. The summed E-state index contributed by atoms with van der Waals surface area (Å²) in [6.45, 7) is 5.36. The molecule has 2 aromatic rings. The highest BCUT2D eigenvalue weighted by molar-refractivity contribution is 5.58. The fraction of sp³-hybridized carbons (Fsp3) is 0.412. The SMILES string of the molecule is Cc1ccc(Nc2cc(C(F)(F)F)nc(N[C@H](CO)C(C)C)n2)cc1. The molecule has 2 rings (SSSR count). The summed E-state index contributed by atoms with van der Waals surface area (Å²) in [7, 11) is 0. The Labute approximate surface area is 144 Å². The largest absolute Gasteiger partial charge is 0.433 e. The van der Waals surface area contributed by atoms with Crippen molar-refractivity contribution in [2.45, 2.75) is 33.0 Å². The lowest BCUT2D eigenvalue weighted by Gasteiger charge is -2.21. The van der Waals surface area contributed by atoms with Gasteiger partial charge in [0.25, 0.3) is 0 Å². The van der Waals surface area contributed by atoms with Crippen molar-refractivity contribution in [1.29, 1.82) is 0 Å². The standard InChI is InChI=1S/C17H21F3N4O/c1-10(2)13(9-25)22-16-23-14(17(18,19)20)8-15(24-16)21-12-6-4-11(3)5-7-12/h4-8,10,13,25H,9H2,1-3H3,(H2,21,22,23,24)/t13-/m1/s1. The first-order chi connectivity index (χ1) is 11.7. The summed E-state index contributed by atoms with van der Waals surface area (Å²) in [5.41, 5.74) is 0.597. The minimum atomic E-state index is -4.60. The molecule has 0 aliphatic rings. The zero-order valence-corrected chi connectivity index (χ0v) is 14.2. The summed E-state index contributed by atoms with van der Waals surface area (Å²) in [4.78, 5) is 7.62. The summed E-state index contributed by atoms with van der Waals surface area (Å²) >= 11 is 0. The molecule has 0 amide bonds. The molecular formula is C17H21F3N4O. The summed E-state index contributed by atoms with van der Waals surface area (Å²) in [6, 6.07) is 7.59. The Bertz CT molecular complexity index is 702. The Morgan fingerprint density at radius 3 is 2.28 bits per heavy atom. The number of hydrogen-bond donors (Lipinski definition) is 3. The van der Waals surface area contributed by atoms with Gasteiger partial charge in [-0.2, -0.15) is 18.2 Å². The summed E-state index contributed by atoms with van der Waals surface area (Å²) in [5.74, 6) is -0.164. The Hall–Kier alpha value is -2.35. The molecule has 0 fully saturated rings. The van der Waals surface area contributed by atoms with E-state index in [9.17, 15) is 18.3 Å². The smallest absolute Gasteiger partial charge is 0.394 e. The normalized spacial score (nSPS) is 13.0. The van der Waals surface area contributed by atoms with Crippen LogP contribution in [0.4, 0.5) is 30.6 Å². The number of aliphatic hydroxyl groups excluding tert-OH is 1. The van der Waals surface area contributed by atoms with Gasteiger partial charge in [0.05, 0.1) is 12.6 Å². The molecule has 1 atom stereocenters. The van der Waals surface area contributed by atoms with Crippen molar-refractivity contribution < 1.29 is 18.3 Å². The van der Waals surface area contributed by atoms with Crippen molar-refractivity contribution in [3.8, 4) is 0 Å². The molecule has 5 nitrogen and oxygen atoms in total. The average molecular weight is 354 g/mol. The van der Waals surface area contributed by atoms with E-state index >= 15 is 0 Å². The van der Waals surface area contributed by atoms with Crippen LogP contribution in [0.5, 0.6) is 0 Å². The van der Waals surface area contributed by atoms with Crippen LogP contribution in [0.3, 0.4) is 0 Å². The van der Waals surface area contributed by atoms with Crippen molar-refractivity contribution in [2.24, 2.45) is 5.92 Å². The second kappa shape index (κ2) is 7.69. The number of nitrogens with one attached hydrogen (secondary N) is 2. The third-order valence-corrected chi connectivity index (χ3v) is 3.66. The van der Waals surface area contributed by atoms with Crippen LogP contribution in [0, 0.1) is 12.8 Å². The first-order valence-corrected chi connectivity index (χ1v) is 7.86. The molecule has 0 unspecified atom stereocenters. The Balaban J connectivity index is 2.34. The lowest BCUT2D eigenvalue weighted by molar-refractivity contribution is -0.141. The second-order valence-electron chi connectivity index (χ2n) is 6.13. The van der Waals surface area contributed by atoms with E-state index in [0.29, 0.717) is 5.69 Å². The van der Waals surface area contributed by atoms with Gasteiger partial charge in [-0.3, -0.25) is 0 Å². The van der Waals surface area contributed by atoms with Gasteiger partial charge < -0.3 is 15.7 Å². The highest BCUT2D eigenvalue weighted by Crippen LogP contribution is 2.30. The Morgan fingerprint density at radius 2 is 1.76 bits per heavy atom. The van der Waals surface area contributed by atoms with Crippen molar-refractivity contribution in [3.63, 3.8) is 0 Å². The van der Waals surface area contributed by atoms with Crippen LogP contribution in [0.1, 0.15) is 25.1 Å². The Morgan fingerprint density at radius 1 is 1.12 bits per heavy atom. The number of aliphatic hydroxyl groups is 1. The highest BCUT2D eigenvalue weighted by Gasteiger charge is 2.34. The molecule has 3 N–H and O–H groups in total. The molecule has 0 spiro atoms. The van der Waals surface area contributed by atoms with Gasteiger partial charge in [0, 0.05) is 11.8 Å². The third kappa shape index (κ3) is 5.32. The van der Waals surface area contributed by atoms with Gasteiger partial charge in [0.2, 0.25) is 5.95 Å². The fourth-order valence-corrected chi connectivity index (χ4v) is 2.09. The molecule has 1 heterocycles. The lowest BCUT2D eigenvalue weighted by Crippen LogP contribution is -2.30. The Kier molecular flexibility index (Phi) is 5.84. The molecule has 0 saturated carbocycles. The predicted molar refractivity (Wildman–Crippen MR) is 90.8 cm³/mol. The van der Waals surface area contributed by atoms with Crippen LogP contribution >= 0.6 is 0 Å². The molecule has 0 aliphatic carbocycles. The molecular weight excluding hydrogens is 333 g/mol. The van der Waals surface area contributed by atoms with E-state index in [1.165, 1.54) is 0 Å². The number of alkyl halides is 3. The van der Waals surface area contributed by atoms with Gasteiger partial charge in [-0.25, -0.2) is 4.98 Å². The monoisotopic (exact) mass is 354 g/mol. The minimum Gasteiger partial charge on any atom is -0.394 e. The first kappa shape index (κ1) is 19.0. The number of aryl methyl sites for hydroxylation is 1. The van der Waals surface area contributed by atoms with Crippen molar-refractivity contribution >= 4 is 17.5 Å². The molecule has 25 heavy (non-hydrogen) atoms. The number of benzene rings is 1. The van der Waals surface area contributed by atoms with E-state index < -0.39 is 17.9 Å². The molecule has 0 saturated heterocycles. The molecule has 0 aliphatic heterocycles. The van der Waals surface area contributed by atoms with E-state index in [1.807, 2.05) is 32.9 Å². The zero-order chi connectivity index (χ0) is 18.6. The molecule has 8 heteroatoms. The maximum Gasteiger partial charge on any atom is 0.433 e. The number of halogens is 3. The van der Waals surface area contributed by atoms with Gasteiger partial charge in [-0.15, -0.1) is 0 Å². The number of rotatable bonds is 6. The number of anilines is 3. The highest BCUT2D eigenvalue weighted by atomic mass is 19.4. The minimum absolute atomic E-state index is 0.00310. The van der Waals surface area contributed by atoms with E-state index in [1.54, 1.807) is 12.1 Å². The number of hydrogen-bond acceptors (Lipinski definition) is 5. The second-order valence-corrected chi connectivity index (χ2v) is 6.13. The third-order valence-electron chi connectivity index (χ3n) is 3.66. The van der Waals surface area contributed by atoms with Crippen molar-refractivity contribution in [2.75, 3.05) is 17.2 Å². The van der Waals surface area contributed by atoms with Crippen LogP contribution < -0.4 is 10.6 Å². The fourth-order valence-electron chi connectivity index (χ4n) is 2.09. The van der Waals surface area contributed by atoms with Crippen LogP contribution in [0.15, 0.2) is 30.3 Å². The van der Waals surface area contributed by atoms with Gasteiger partial charge in [-0.1, -0.05) is 31.5 Å². The molecule has 0 radical (unpaired) electrons. The van der Waals surface area contributed by atoms with Gasteiger partial charge in [-0.05, 0) is 25.0 Å². The van der Waals surface area contributed by atoms with E-state index in [0.717, 1.165) is 11.6 Å². The topological polar surface area (TPSA) is 70.1 Å². The van der Waals surface area contributed by atoms with E-state index in [2.05, 4.69) is 20.6 Å². The maximum absolute atomic E-state index is 13.1. The summed E-state index contributed by atoms with van der Waals surface area (Å²) < 4.78 is 39.4. The van der Waals surface area contributed by atoms with Crippen LogP contribution in [0.2, 0.25) is 0 Å². The summed E-state index contributed by atoms with van der Waals surface area (Å²) in [5, 5.41) is 15.0. The number of aromatic nitrogens is 2. The lowest BCUT2D eigenvalue weighted by atomic mass is 10.1. The summed E-state index contributed by atoms with van der Waals surface area (Å²) in [6.07, 6.45) is -4.60. The number of nitrogens with zero attached hydrogens (tertiary/aromatic N) is 2. The quantitative estimate of drug-likeness (QED) is 0.732. The molecule has 0 bridgehead atoms. The zero-order valence-electron chi connectivity index (χ0n) is 14.2. The van der Waals surface area contributed by atoms with Crippen molar-refractivity contribution in [1.82, 2.24) is 9.97 Å². The van der Waals surface area contributed by atoms with Gasteiger partial charge >= 0.3 is 6.18 Å². The van der Waals surface area contributed by atoms with Crippen LogP contribution in [0.25, 0.3) is 0 Å². The van der Waals surface area contributed by atoms with Gasteiger partial charge in [0.1, 0.15) is 5.82 Å². The predicted octanol–water partition coefficient (Wildman–Crippen LogP) is 3.98. The molecule has 1 aromatic heterocycles. The van der Waals surface area contributed by atoms with E-state index in [4.69, 9.17) is 0 Å². The maximum atomic E-state index is 13.1. The van der Waals surface area contributed by atoms with Crippen molar-refractivity contribution in [3.05, 3.63) is 41.6 Å². The van der Waals surface area contributed by atoms with Crippen LogP contribution in [-0.4, -0.2) is 27.7 Å². The average Bonchev–Trinajstić information content (AvgIpc) is 2.53. The van der Waals surface area contributed by atoms with Gasteiger partial charge in [0.15, 0.2) is 5.69 Å². The molecule has 1 aromatic carbocycles. The van der Waals surface area contributed by atoms with E-state index in [-0.39, 0.29) is 24.3 Å². The first-order valence-electron chi connectivity index (χ1n) is 7.86. The van der Waals surface area contributed by atoms with Crippen LogP contribution in [-0.2, 0) is 6.18 Å².